The summed E-state index contributed by atoms with van der Waals surface area (Å²) in [5.74, 6) is -0.216. The predicted octanol–water partition coefficient (Wildman–Crippen LogP) is 2.36. The van der Waals surface area contributed by atoms with Gasteiger partial charge in [-0.05, 0) is 49.0 Å². The summed E-state index contributed by atoms with van der Waals surface area (Å²) in [7, 11) is 0. The smallest absolute Gasteiger partial charge is 0.258 e. The van der Waals surface area contributed by atoms with E-state index in [1.807, 2.05) is 55.5 Å². The second kappa shape index (κ2) is 7.10. The van der Waals surface area contributed by atoms with Gasteiger partial charge in [0.05, 0.1) is 17.4 Å². The molecule has 3 rings (SSSR count). The van der Waals surface area contributed by atoms with Gasteiger partial charge in [-0.25, -0.2) is 4.98 Å². The Morgan fingerprint density at radius 1 is 1.17 bits per heavy atom. The van der Waals surface area contributed by atoms with Gasteiger partial charge < -0.3 is 9.88 Å². The Morgan fingerprint density at radius 2 is 2.00 bits per heavy atom. The second-order valence-electron chi connectivity index (χ2n) is 5.36. The lowest BCUT2D eigenvalue weighted by Gasteiger charge is -2.12. The molecule has 0 bridgehead atoms. The molecular formula is C17H17N5OS. The molecule has 1 amide bonds. The normalized spacial score (nSPS) is 10.4. The van der Waals surface area contributed by atoms with Crippen molar-refractivity contribution in [2.24, 2.45) is 0 Å². The number of imidazole rings is 1. The van der Waals surface area contributed by atoms with Crippen molar-refractivity contribution in [2.75, 3.05) is 5.32 Å². The molecule has 2 aromatic carbocycles. The number of nitrogens with zero attached hydrogens (tertiary/aromatic N) is 2. The number of hydrazine groups is 1. The number of hydrogen-bond donors (Lipinski definition) is 3. The highest BCUT2D eigenvalue weighted by atomic mass is 32.1. The second-order valence-corrected chi connectivity index (χ2v) is 5.77. The molecule has 0 spiro atoms. The van der Waals surface area contributed by atoms with Crippen molar-refractivity contribution in [3.05, 3.63) is 60.4 Å². The van der Waals surface area contributed by atoms with Gasteiger partial charge in [0.25, 0.3) is 5.91 Å². The Balaban J connectivity index is 1.53. The minimum Gasteiger partial charge on any atom is -0.331 e. The van der Waals surface area contributed by atoms with Gasteiger partial charge in [-0.3, -0.25) is 15.6 Å². The fourth-order valence-electron chi connectivity index (χ4n) is 2.34. The number of rotatable bonds is 3. The van der Waals surface area contributed by atoms with Crippen molar-refractivity contribution in [1.29, 1.82) is 0 Å². The van der Waals surface area contributed by atoms with Crippen LogP contribution in [0.5, 0.6) is 0 Å². The van der Waals surface area contributed by atoms with Crippen molar-refractivity contribution in [3.63, 3.8) is 0 Å². The number of para-hydroxylation sites is 2. The molecule has 0 saturated heterocycles. The van der Waals surface area contributed by atoms with E-state index in [4.69, 9.17) is 12.2 Å². The van der Waals surface area contributed by atoms with Gasteiger partial charge >= 0.3 is 0 Å². The van der Waals surface area contributed by atoms with Gasteiger partial charge in [-0.2, -0.15) is 0 Å². The lowest BCUT2D eigenvalue weighted by molar-refractivity contribution is -0.122. The first kappa shape index (κ1) is 15.9. The summed E-state index contributed by atoms with van der Waals surface area (Å²) < 4.78 is 1.78. The van der Waals surface area contributed by atoms with Crippen molar-refractivity contribution < 1.29 is 4.79 Å². The maximum atomic E-state index is 12.1. The lowest BCUT2D eigenvalue weighted by Crippen LogP contribution is -2.45. The summed E-state index contributed by atoms with van der Waals surface area (Å²) in [5.41, 5.74) is 9.03. The summed E-state index contributed by atoms with van der Waals surface area (Å²) in [5, 5.41) is 3.34. The number of carbonyl (C=O) groups is 1. The highest BCUT2D eigenvalue weighted by molar-refractivity contribution is 7.80. The third-order valence-electron chi connectivity index (χ3n) is 3.43. The molecule has 0 aliphatic carbocycles. The summed E-state index contributed by atoms with van der Waals surface area (Å²) in [6, 6.07) is 15.5. The van der Waals surface area contributed by atoms with Gasteiger partial charge in [0.15, 0.2) is 5.11 Å². The van der Waals surface area contributed by atoms with Crippen LogP contribution in [0, 0.1) is 6.92 Å². The monoisotopic (exact) mass is 339 g/mol. The minimum absolute atomic E-state index is 0.153. The van der Waals surface area contributed by atoms with Gasteiger partial charge in [-0.15, -0.1) is 0 Å². The first-order valence-corrected chi connectivity index (χ1v) is 7.85. The largest absolute Gasteiger partial charge is 0.331 e. The zero-order valence-electron chi connectivity index (χ0n) is 13.1. The molecule has 24 heavy (non-hydrogen) atoms. The quantitative estimate of drug-likeness (QED) is 0.505. The zero-order chi connectivity index (χ0) is 16.9. The maximum Gasteiger partial charge on any atom is 0.258 e. The van der Waals surface area contributed by atoms with Crippen LogP contribution in [0.2, 0.25) is 0 Å². The van der Waals surface area contributed by atoms with Gasteiger partial charge in [0.1, 0.15) is 6.54 Å². The number of aryl methyl sites for hydroxylation is 1. The van der Waals surface area contributed by atoms with Crippen molar-refractivity contribution in [1.82, 2.24) is 20.4 Å². The van der Waals surface area contributed by atoms with E-state index in [1.165, 1.54) is 0 Å². The van der Waals surface area contributed by atoms with E-state index in [0.29, 0.717) is 5.11 Å². The molecule has 0 fully saturated rings. The molecule has 0 unspecified atom stereocenters. The SMILES string of the molecule is Cc1cccc(NC(=S)NNC(=O)Cn2cnc3ccccc32)c1. The summed E-state index contributed by atoms with van der Waals surface area (Å²) >= 11 is 5.17. The van der Waals surface area contributed by atoms with Crippen LogP contribution in [0.3, 0.4) is 0 Å². The van der Waals surface area contributed by atoms with E-state index in [2.05, 4.69) is 21.2 Å². The van der Waals surface area contributed by atoms with E-state index in [0.717, 1.165) is 22.3 Å². The number of hydrogen-bond acceptors (Lipinski definition) is 3. The van der Waals surface area contributed by atoms with E-state index in [1.54, 1.807) is 10.9 Å². The molecule has 1 aromatic heterocycles. The van der Waals surface area contributed by atoms with E-state index >= 15 is 0 Å². The number of benzene rings is 2. The van der Waals surface area contributed by atoms with Gasteiger partial charge in [0.2, 0.25) is 0 Å². The van der Waals surface area contributed by atoms with Crippen molar-refractivity contribution >= 4 is 40.0 Å². The standard InChI is InChI=1S/C17H17N5OS/c1-12-5-4-6-13(9-12)19-17(24)21-20-16(23)10-22-11-18-14-7-2-3-8-15(14)22/h2-9,11H,10H2,1H3,(H,20,23)(H2,19,21,24). The molecule has 6 nitrogen and oxygen atoms in total. The fourth-order valence-corrected chi connectivity index (χ4v) is 2.51. The van der Waals surface area contributed by atoms with Crippen molar-refractivity contribution in [3.8, 4) is 0 Å². The third kappa shape index (κ3) is 3.88. The number of thiocarbonyl (C=S) groups is 1. The fraction of sp³-hybridized carbons (Fsp3) is 0.118. The highest BCUT2D eigenvalue weighted by Crippen LogP contribution is 2.11. The van der Waals surface area contributed by atoms with E-state index in [9.17, 15) is 4.79 Å². The van der Waals surface area contributed by atoms with Crippen LogP contribution < -0.4 is 16.2 Å². The molecular weight excluding hydrogens is 322 g/mol. The first-order chi connectivity index (χ1) is 11.6. The zero-order valence-corrected chi connectivity index (χ0v) is 13.9. The molecule has 0 saturated carbocycles. The van der Waals surface area contributed by atoms with Crippen LogP contribution in [0.1, 0.15) is 5.56 Å². The Kier molecular flexibility index (Phi) is 4.72. The van der Waals surface area contributed by atoms with E-state index < -0.39 is 0 Å². The number of anilines is 1. The topological polar surface area (TPSA) is 71.0 Å². The highest BCUT2D eigenvalue weighted by Gasteiger charge is 2.07. The number of fused-ring (bicyclic) bond motifs is 1. The number of nitrogens with one attached hydrogen (secondary N) is 3. The molecule has 0 radical (unpaired) electrons. The summed E-state index contributed by atoms with van der Waals surface area (Å²) in [4.78, 5) is 16.3. The molecule has 7 heteroatoms. The van der Waals surface area contributed by atoms with Crippen LogP contribution in [0.25, 0.3) is 11.0 Å². The van der Waals surface area contributed by atoms with Crippen molar-refractivity contribution in [2.45, 2.75) is 13.5 Å². The Hall–Kier alpha value is -2.93. The Morgan fingerprint density at radius 3 is 2.83 bits per heavy atom. The average Bonchev–Trinajstić information content (AvgIpc) is 2.96. The van der Waals surface area contributed by atoms with Crippen LogP contribution in [0.15, 0.2) is 54.9 Å². The van der Waals surface area contributed by atoms with Crippen LogP contribution >= 0.6 is 12.2 Å². The third-order valence-corrected chi connectivity index (χ3v) is 3.64. The van der Waals surface area contributed by atoms with Crippen LogP contribution in [-0.2, 0) is 11.3 Å². The predicted molar refractivity (Wildman–Crippen MR) is 98.4 cm³/mol. The summed E-state index contributed by atoms with van der Waals surface area (Å²) in [6.45, 7) is 2.15. The first-order valence-electron chi connectivity index (χ1n) is 7.44. The van der Waals surface area contributed by atoms with Crippen LogP contribution in [-0.4, -0.2) is 20.6 Å². The minimum atomic E-state index is -0.216. The maximum absolute atomic E-state index is 12.1. The molecule has 0 aliphatic heterocycles. The molecule has 3 N–H and O–H groups in total. The molecule has 1 heterocycles. The number of carbonyl (C=O) groups excluding carboxylic acids is 1. The Labute approximate surface area is 144 Å². The van der Waals surface area contributed by atoms with Gasteiger partial charge in [0, 0.05) is 5.69 Å². The molecule has 0 atom stereocenters. The number of amides is 1. The van der Waals surface area contributed by atoms with Gasteiger partial charge in [-0.1, -0.05) is 24.3 Å². The lowest BCUT2D eigenvalue weighted by atomic mass is 10.2. The molecule has 122 valence electrons. The summed E-state index contributed by atoms with van der Waals surface area (Å²) in [6.07, 6.45) is 1.65. The molecule has 0 aliphatic rings. The Bertz CT molecular complexity index is 889. The average molecular weight is 339 g/mol. The van der Waals surface area contributed by atoms with E-state index in [-0.39, 0.29) is 12.5 Å². The molecule has 3 aromatic rings. The number of aromatic nitrogens is 2. The van der Waals surface area contributed by atoms with Crippen LogP contribution in [0.4, 0.5) is 5.69 Å².